The Hall–Kier alpha value is -0.750. The molecule has 0 aromatic rings. The highest BCUT2D eigenvalue weighted by Crippen LogP contribution is 2.17. The third-order valence-corrected chi connectivity index (χ3v) is 1.74. The van der Waals surface area contributed by atoms with Gasteiger partial charge >= 0.3 is 5.97 Å². The van der Waals surface area contributed by atoms with E-state index in [-0.39, 0.29) is 0 Å². The number of thiol groups is 1. The highest BCUT2D eigenvalue weighted by atomic mass is 32.1. The van der Waals surface area contributed by atoms with Gasteiger partial charge in [0.05, 0.1) is 8.02 Å². The van der Waals surface area contributed by atoms with E-state index in [4.69, 9.17) is 6.48 Å². The maximum absolute atomic E-state index is 10.9. The summed E-state index contributed by atoms with van der Waals surface area (Å²) in [4.78, 5) is 21.5. The van der Waals surface area contributed by atoms with E-state index >= 15 is 0 Å². The van der Waals surface area contributed by atoms with Crippen LogP contribution in [-0.2, 0) is 9.59 Å². The highest BCUT2D eigenvalue weighted by molar-refractivity contribution is 7.81. The van der Waals surface area contributed by atoms with Gasteiger partial charge < -0.3 is 10.4 Å². The number of hydrogen-bond donors (Lipinski definition) is 4. The van der Waals surface area contributed by atoms with Crippen molar-refractivity contribution >= 4 is 24.5 Å². The molecule has 82 valence electrons. The van der Waals surface area contributed by atoms with Crippen LogP contribution in [0.4, 0.5) is 0 Å². The Bertz CT molecular complexity index is 255. The van der Waals surface area contributed by atoms with Crippen LogP contribution in [0.3, 0.4) is 0 Å². The molecule has 0 spiro atoms. The van der Waals surface area contributed by atoms with Crippen LogP contribution < -0.4 is 10.6 Å². The molecule has 0 aliphatic carbocycles. The number of nitrogens with one attached hydrogen (secondary N) is 2. The monoisotopic (exact) mass is 221 g/mol. The van der Waals surface area contributed by atoms with Crippen LogP contribution in [0.15, 0.2) is 0 Å². The van der Waals surface area contributed by atoms with Crippen LogP contribution in [0.25, 0.3) is 0 Å². The van der Waals surface area contributed by atoms with E-state index in [1.807, 2.05) is 0 Å². The largest absolute Gasteiger partial charge is 0.480 e. The summed E-state index contributed by atoms with van der Waals surface area (Å²) >= 11 is 4.11. The van der Waals surface area contributed by atoms with Gasteiger partial charge in [0.1, 0.15) is 6.04 Å². The molecule has 1 unspecified atom stereocenters. The summed E-state index contributed by atoms with van der Waals surface area (Å²) in [6.45, 7) is 3.32. The summed E-state index contributed by atoms with van der Waals surface area (Å²) in [5, 5.41) is 13.6. The molecule has 6 heteroatoms. The molecule has 0 aliphatic rings. The molecule has 0 aromatic carbocycles. The molecule has 0 aromatic heterocycles. The molecule has 14 heavy (non-hydrogen) atoms. The van der Waals surface area contributed by atoms with Crippen LogP contribution in [0, 0.1) is 0 Å². The number of carbonyl (C=O) groups excluding carboxylic acids is 1. The lowest BCUT2D eigenvalue weighted by molar-refractivity contribution is -0.140. The lowest BCUT2D eigenvalue weighted by atomic mass is 10.0. The second kappa shape index (κ2) is 5.21. The molecule has 5 nitrogen and oxygen atoms in total. The normalized spacial score (nSPS) is 16.7. The van der Waals surface area contributed by atoms with Crippen molar-refractivity contribution in [3.05, 3.63) is 0 Å². The van der Waals surface area contributed by atoms with Crippen molar-refractivity contribution in [1.82, 2.24) is 10.6 Å². The number of aliphatic carboxylic acids is 1. The van der Waals surface area contributed by atoms with Gasteiger partial charge in [-0.2, -0.15) is 12.6 Å². The predicted molar refractivity (Wildman–Crippen MR) is 56.3 cm³/mol. The molecule has 0 radical (unpaired) electrons. The van der Waals surface area contributed by atoms with Crippen molar-refractivity contribution < 1.29 is 16.1 Å². The molecule has 0 saturated carbocycles. The highest BCUT2D eigenvalue weighted by Gasteiger charge is 2.31. The van der Waals surface area contributed by atoms with E-state index in [0.29, 0.717) is 0 Å². The van der Waals surface area contributed by atoms with E-state index in [9.17, 15) is 9.59 Å². The van der Waals surface area contributed by atoms with E-state index in [1.54, 1.807) is 13.8 Å². The van der Waals surface area contributed by atoms with Crippen LogP contribution >= 0.6 is 12.6 Å². The quantitative estimate of drug-likeness (QED) is 0.384. The summed E-state index contributed by atoms with van der Waals surface area (Å²) in [6, 6.07) is -1.02. The molecule has 0 fully saturated rings. The third-order valence-electron chi connectivity index (χ3n) is 1.48. The average Bonchev–Trinajstić information content (AvgIpc) is 1.95. The lowest BCUT2D eigenvalue weighted by Gasteiger charge is -2.26. The second-order valence-corrected chi connectivity index (χ2v) is 4.59. The zero-order valence-corrected chi connectivity index (χ0v) is 9.26. The van der Waals surface area contributed by atoms with Crippen molar-refractivity contribution in [2.75, 3.05) is 6.64 Å². The SMILES string of the molecule is [2H]C(NC(C)=O)N[C@H](C(=O)O)C(C)(C)S. The standard InChI is InChI=1S/C8H16N2O3S/c1-5(11)9-4-10-6(7(12)13)8(2,3)14/h6,10,14H,4H2,1-3H3,(H,9,11)(H,12,13)/t6-/m1/s1/i4D/t4?,6-. The van der Waals surface area contributed by atoms with Crippen LogP contribution in [0.5, 0.6) is 0 Å². The summed E-state index contributed by atoms with van der Waals surface area (Å²) in [5.41, 5.74) is 0. The minimum Gasteiger partial charge on any atom is -0.480 e. The fraction of sp³-hybridized carbons (Fsp3) is 0.750. The van der Waals surface area contributed by atoms with Gasteiger partial charge in [0.2, 0.25) is 5.91 Å². The minimum absolute atomic E-state index is 0.399. The molecule has 0 bridgehead atoms. The van der Waals surface area contributed by atoms with E-state index in [0.717, 1.165) is 0 Å². The maximum atomic E-state index is 10.9. The average molecular weight is 221 g/mol. The van der Waals surface area contributed by atoms with E-state index in [2.05, 4.69) is 23.3 Å². The number of rotatable bonds is 5. The van der Waals surface area contributed by atoms with Crippen molar-refractivity contribution in [1.29, 1.82) is 0 Å². The van der Waals surface area contributed by atoms with Crippen molar-refractivity contribution in [2.24, 2.45) is 0 Å². The first-order valence-electron chi connectivity index (χ1n) is 4.63. The Morgan fingerprint density at radius 2 is 2.14 bits per heavy atom. The number of amides is 1. The molecular weight excluding hydrogens is 204 g/mol. The molecule has 0 rings (SSSR count). The zero-order chi connectivity index (χ0) is 12.2. The summed E-state index contributed by atoms with van der Waals surface area (Å²) in [5.74, 6) is -1.51. The number of carboxylic acids is 1. The fourth-order valence-corrected chi connectivity index (χ4v) is 0.989. The Labute approximate surface area is 90.1 Å². The van der Waals surface area contributed by atoms with Gasteiger partial charge in [-0.3, -0.25) is 14.9 Å². The fourth-order valence-electron chi connectivity index (χ4n) is 0.804. The maximum Gasteiger partial charge on any atom is 0.322 e. The Balaban J connectivity index is 4.43. The van der Waals surface area contributed by atoms with Crippen molar-refractivity contribution in [2.45, 2.75) is 31.6 Å². The van der Waals surface area contributed by atoms with Gasteiger partial charge in [-0.25, -0.2) is 0 Å². The first kappa shape index (κ1) is 11.3. The lowest BCUT2D eigenvalue weighted by Crippen LogP contribution is -2.52. The van der Waals surface area contributed by atoms with E-state index in [1.165, 1.54) is 6.92 Å². The second-order valence-electron chi connectivity index (χ2n) is 3.44. The van der Waals surface area contributed by atoms with Gasteiger partial charge in [-0.05, 0) is 13.8 Å². The number of carbonyl (C=O) groups is 2. The van der Waals surface area contributed by atoms with Crippen molar-refractivity contribution in [3.63, 3.8) is 0 Å². The first-order chi connectivity index (χ1) is 6.64. The molecular formula is C8H16N2O3S. The summed E-state index contributed by atoms with van der Waals surface area (Å²) < 4.78 is 6.54. The smallest absolute Gasteiger partial charge is 0.322 e. The molecule has 1 amide bonds. The molecule has 0 aliphatic heterocycles. The van der Waals surface area contributed by atoms with Crippen LogP contribution in [-0.4, -0.2) is 34.4 Å². The van der Waals surface area contributed by atoms with Crippen molar-refractivity contribution in [3.8, 4) is 0 Å². The van der Waals surface area contributed by atoms with E-state index < -0.39 is 29.3 Å². The molecule has 0 saturated heterocycles. The van der Waals surface area contributed by atoms with Gasteiger partial charge in [-0.1, -0.05) is 0 Å². The van der Waals surface area contributed by atoms with Gasteiger partial charge in [0.15, 0.2) is 0 Å². The first-order valence-corrected chi connectivity index (χ1v) is 4.50. The Morgan fingerprint density at radius 1 is 1.64 bits per heavy atom. The molecule has 2 atom stereocenters. The number of hydrogen-bond acceptors (Lipinski definition) is 4. The predicted octanol–water partition coefficient (Wildman–Crippen LogP) is -0.169. The van der Waals surface area contributed by atoms with Gasteiger partial charge in [0, 0.05) is 11.7 Å². The topological polar surface area (TPSA) is 78.4 Å². The Kier molecular flexibility index (Phi) is 4.21. The minimum atomic E-state index is -1.16. The third kappa shape index (κ3) is 5.08. The molecule has 3 N–H and O–H groups in total. The summed E-state index contributed by atoms with van der Waals surface area (Å²) in [7, 11) is 0. The zero-order valence-electron chi connectivity index (χ0n) is 9.37. The number of carboxylic acid groups (broad SMARTS) is 1. The van der Waals surface area contributed by atoms with Crippen LogP contribution in [0.1, 0.15) is 22.1 Å². The molecule has 0 heterocycles. The van der Waals surface area contributed by atoms with Gasteiger partial charge in [0.25, 0.3) is 0 Å². The Morgan fingerprint density at radius 3 is 2.43 bits per heavy atom. The summed E-state index contributed by atoms with van der Waals surface area (Å²) in [6.07, 6.45) is 0. The van der Waals surface area contributed by atoms with Crippen LogP contribution in [0.2, 0.25) is 0 Å². The van der Waals surface area contributed by atoms with Gasteiger partial charge in [-0.15, -0.1) is 0 Å².